The van der Waals surface area contributed by atoms with Crippen LogP contribution in [0, 0.1) is 6.92 Å². The molecule has 2 aliphatic heterocycles. The molecule has 2 fully saturated rings. The van der Waals surface area contributed by atoms with Gasteiger partial charge in [-0.1, -0.05) is 54.4 Å². The molecule has 0 aromatic heterocycles. The molecule has 1 saturated carbocycles. The Kier molecular flexibility index (Phi) is 3.37. The molecule has 2 aromatic carbocycles. The minimum Gasteiger partial charge on any atom is -0.356 e. The zero-order valence-corrected chi connectivity index (χ0v) is 14.7. The van der Waals surface area contributed by atoms with Crippen LogP contribution in [-0.2, 0) is 11.3 Å². The molecule has 0 radical (unpaired) electrons. The lowest BCUT2D eigenvalue weighted by atomic mass is 9.77. The second-order valence-electron chi connectivity index (χ2n) is 7.79. The van der Waals surface area contributed by atoms with Gasteiger partial charge in [0.15, 0.2) is 0 Å². The maximum atomic E-state index is 13.0. The van der Waals surface area contributed by atoms with Crippen LogP contribution < -0.4 is 4.90 Å². The number of carbonyl (C=O) groups excluding carboxylic acids is 1. The fourth-order valence-electron chi connectivity index (χ4n) is 5.25. The molecule has 0 spiro atoms. The number of piperazine rings is 1. The van der Waals surface area contributed by atoms with Crippen molar-refractivity contribution >= 4 is 11.6 Å². The quantitative estimate of drug-likeness (QED) is 0.834. The Labute approximate surface area is 149 Å². The molecule has 0 N–H and O–H groups in total. The topological polar surface area (TPSA) is 23.6 Å². The fourth-order valence-corrected chi connectivity index (χ4v) is 5.25. The predicted octanol–water partition coefficient (Wildman–Crippen LogP) is 3.86. The van der Waals surface area contributed by atoms with Crippen molar-refractivity contribution in [2.45, 2.75) is 50.7 Å². The standard InChI is InChI=1S/C22H24N2O/c1-15-10-11-19-18(12-15)17-8-5-9-20-22(17)24(19)14-21(25)23(20)13-16-6-3-2-4-7-16/h2-4,6-7,10-12,17,20,22H,5,8-9,13-14H2,1H3/t17-,20-,22-/m0/s1. The Balaban J connectivity index is 1.52. The molecule has 3 nitrogen and oxygen atoms in total. The van der Waals surface area contributed by atoms with E-state index >= 15 is 0 Å². The molecule has 3 aliphatic rings. The van der Waals surface area contributed by atoms with Crippen LogP contribution in [0.3, 0.4) is 0 Å². The van der Waals surface area contributed by atoms with Gasteiger partial charge in [0.1, 0.15) is 0 Å². The highest BCUT2D eigenvalue weighted by Gasteiger charge is 2.51. The van der Waals surface area contributed by atoms with Crippen LogP contribution >= 0.6 is 0 Å². The highest BCUT2D eigenvalue weighted by Crippen LogP contribution is 2.50. The molecule has 1 aliphatic carbocycles. The number of hydrogen-bond acceptors (Lipinski definition) is 2. The van der Waals surface area contributed by atoms with Crippen LogP contribution in [0.5, 0.6) is 0 Å². The average Bonchev–Trinajstić information content (AvgIpc) is 2.94. The van der Waals surface area contributed by atoms with Crippen molar-refractivity contribution in [2.24, 2.45) is 0 Å². The van der Waals surface area contributed by atoms with Crippen molar-refractivity contribution in [1.29, 1.82) is 0 Å². The summed E-state index contributed by atoms with van der Waals surface area (Å²) in [5.41, 5.74) is 5.34. The maximum Gasteiger partial charge on any atom is 0.242 e. The van der Waals surface area contributed by atoms with Gasteiger partial charge in [0, 0.05) is 18.2 Å². The van der Waals surface area contributed by atoms with Gasteiger partial charge in [0.25, 0.3) is 0 Å². The van der Waals surface area contributed by atoms with E-state index in [9.17, 15) is 4.79 Å². The van der Waals surface area contributed by atoms with Crippen molar-refractivity contribution in [3.63, 3.8) is 0 Å². The lowest BCUT2D eigenvalue weighted by molar-refractivity contribution is -0.136. The fraction of sp³-hybridized carbons (Fsp3) is 0.409. The number of fused-ring (bicyclic) bond motifs is 3. The van der Waals surface area contributed by atoms with E-state index in [0.29, 0.717) is 24.5 Å². The third kappa shape index (κ3) is 2.29. The van der Waals surface area contributed by atoms with E-state index in [1.165, 1.54) is 35.2 Å². The third-order valence-electron chi connectivity index (χ3n) is 6.30. The molecule has 5 rings (SSSR count). The first-order chi connectivity index (χ1) is 12.2. The third-order valence-corrected chi connectivity index (χ3v) is 6.30. The zero-order chi connectivity index (χ0) is 17.0. The molecular weight excluding hydrogens is 308 g/mol. The van der Waals surface area contributed by atoms with E-state index in [-0.39, 0.29) is 5.91 Å². The van der Waals surface area contributed by atoms with E-state index in [1.807, 2.05) is 6.07 Å². The van der Waals surface area contributed by atoms with Crippen molar-refractivity contribution in [1.82, 2.24) is 4.90 Å². The lowest BCUT2D eigenvalue weighted by Crippen LogP contribution is -2.62. The number of nitrogens with zero attached hydrogens (tertiary/aromatic N) is 2. The van der Waals surface area contributed by atoms with Gasteiger partial charge >= 0.3 is 0 Å². The molecule has 2 heterocycles. The number of hydrogen-bond donors (Lipinski definition) is 0. The molecule has 1 amide bonds. The number of carbonyl (C=O) groups is 1. The molecule has 3 heteroatoms. The second kappa shape index (κ2) is 5.62. The summed E-state index contributed by atoms with van der Waals surface area (Å²) in [6.07, 6.45) is 3.59. The monoisotopic (exact) mass is 332 g/mol. The number of benzene rings is 2. The van der Waals surface area contributed by atoms with E-state index in [1.54, 1.807) is 0 Å². The highest BCUT2D eigenvalue weighted by molar-refractivity contribution is 5.86. The molecule has 25 heavy (non-hydrogen) atoms. The Hall–Kier alpha value is -2.29. The van der Waals surface area contributed by atoms with E-state index in [4.69, 9.17) is 0 Å². The van der Waals surface area contributed by atoms with Crippen LogP contribution in [0.4, 0.5) is 5.69 Å². The number of amides is 1. The Morgan fingerprint density at radius 1 is 1.08 bits per heavy atom. The molecule has 128 valence electrons. The second-order valence-corrected chi connectivity index (χ2v) is 7.79. The van der Waals surface area contributed by atoms with Crippen molar-refractivity contribution < 1.29 is 4.79 Å². The highest BCUT2D eigenvalue weighted by atomic mass is 16.2. The smallest absolute Gasteiger partial charge is 0.242 e. The SMILES string of the molecule is Cc1ccc2c(c1)[C@@H]1CCC[C@H]3[C@H]1N2CC(=O)N3Cc1ccccc1. The van der Waals surface area contributed by atoms with E-state index < -0.39 is 0 Å². The number of anilines is 1. The van der Waals surface area contributed by atoms with Crippen LogP contribution in [0.1, 0.15) is 41.9 Å². The summed E-state index contributed by atoms with van der Waals surface area (Å²) >= 11 is 0. The normalized spacial score (nSPS) is 27.2. The Morgan fingerprint density at radius 3 is 2.76 bits per heavy atom. The summed E-state index contributed by atoms with van der Waals surface area (Å²) in [6, 6.07) is 18.0. The van der Waals surface area contributed by atoms with Gasteiger partial charge in [0.2, 0.25) is 5.91 Å². The maximum absolute atomic E-state index is 13.0. The number of rotatable bonds is 2. The summed E-state index contributed by atoms with van der Waals surface area (Å²) in [7, 11) is 0. The average molecular weight is 332 g/mol. The summed E-state index contributed by atoms with van der Waals surface area (Å²) in [5, 5.41) is 0. The van der Waals surface area contributed by atoms with Crippen molar-refractivity contribution in [3.05, 3.63) is 65.2 Å². The largest absolute Gasteiger partial charge is 0.356 e. The zero-order valence-electron chi connectivity index (χ0n) is 14.7. The van der Waals surface area contributed by atoms with E-state index in [0.717, 1.165) is 13.0 Å². The lowest BCUT2D eigenvalue weighted by Gasteiger charge is -2.49. The number of aryl methyl sites for hydroxylation is 1. The first-order valence-corrected chi connectivity index (χ1v) is 9.43. The van der Waals surface area contributed by atoms with Crippen molar-refractivity contribution in [3.8, 4) is 0 Å². The Bertz CT molecular complexity index is 816. The van der Waals surface area contributed by atoms with Gasteiger partial charge < -0.3 is 9.80 Å². The van der Waals surface area contributed by atoms with Gasteiger partial charge in [-0.25, -0.2) is 0 Å². The van der Waals surface area contributed by atoms with Gasteiger partial charge in [-0.05, 0) is 37.0 Å². The first kappa shape index (κ1) is 15.0. The van der Waals surface area contributed by atoms with Gasteiger partial charge in [-0.15, -0.1) is 0 Å². The molecule has 0 unspecified atom stereocenters. The molecular formula is C22H24N2O. The van der Waals surface area contributed by atoms with Crippen LogP contribution in [0.25, 0.3) is 0 Å². The molecule has 0 bridgehead atoms. The van der Waals surface area contributed by atoms with E-state index in [2.05, 4.69) is 59.2 Å². The molecule has 1 saturated heterocycles. The van der Waals surface area contributed by atoms with Crippen molar-refractivity contribution in [2.75, 3.05) is 11.4 Å². The minimum atomic E-state index is 0.277. The van der Waals surface area contributed by atoms with Gasteiger partial charge in [-0.2, -0.15) is 0 Å². The van der Waals surface area contributed by atoms with Gasteiger partial charge in [0.05, 0.1) is 18.6 Å². The summed E-state index contributed by atoms with van der Waals surface area (Å²) in [4.78, 5) is 17.6. The molecule has 3 atom stereocenters. The predicted molar refractivity (Wildman–Crippen MR) is 99.7 cm³/mol. The first-order valence-electron chi connectivity index (χ1n) is 9.43. The molecule has 2 aromatic rings. The minimum absolute atomic E-state index is 0.277. The van der Waals surface area contributed by atoms with Gasteiger partial charge in [-0.3, -0.25) is 4.79 Å². The van der Waals surface area contributed by atoms with Crippen LogP contribution in [-0.4, -0.2) is 29.4 Å². The van der Waals surface area contributed by atoms with Crippen LogP contribution in [0.2, 0.25) is 0 Å². The summed E-state index contributed by atoms with van der Waals surface area (Å²) in [5.74, 6) is 0.860. The summed E-state index contributed by atoms with van der Waals surface area (Å²) < 4.78 is 0. The van der Waals surface area contributed by atoms with Crippen LogP contribution in [0.15, 0.2) is 48.5 Å². The summed E-state index contributed by atoms with van der Waals surface area (Å²) in [6.45, 7) is 3.45. The Morgan fingerprint density at radius 2 is 1.92 bits per heavy atom.